The van der Waals surface area contributed by atoms with Gasteiger partial charge in [0.05, 0.1) is 25.9 Å². The number of aliphatic hydroxyl groups is 1. The molecule has 1 fully saturated rings. The predicted octanol–water partition coefficient (Wildman–Crippen LogP) is 5.54. The molecule has 4 rings (SSSR count). The summed E-state index contributed by atoms with van der Waals surface area (Å²) in [5.41, 5.74) is 1.67. The van der Waals surface area contributed by atoms with Gasteiger partial charge in [-0.3, -0.25) is 0 Å². The molecule has 1 saturated heterocycles. The maximum Gasteiger partial charge on any atom is 0.410 e. The number of nitrogens with zero attached hydrogens (tertiary/aromatic N) is 1. The van der Waals surface area contributed by atoms with E-state index in [2.05, 4.69) is 30.3 Å². The highest BCUT2D eigenvalue weighted by Gasteiger charge is 2.35. The molecule has 0 aromatic heterocycles. The summed E-state index contributed by atoms with van der Waals surface area (Å²) >= 11 is 0. The van der Waals surface area contributed by atoms with Crippen molar-refractivity contribution in [1.82, 2.24) is 4.90 Å². The largest absolute Gasteiger partial charge is 0.491 e. The average molecular weight is 522 g/mol. The minimum atomic E-state index is -0.676. The molecule has 1 aliphatic heterocycles. The summed E-state index contributed by atoms with van der Waals surface area (Å²) in [5.74, 6) is 0.797. The summed E-state index contributed by atoms with van der Waals surface area (Å²) in [4.78, 5) is 14.6. The lowest BCUT2D eigenvalue weighted by Crippen LogP contribution is -2.48. The van der Waals surface area contributed by atoms with E-state index in [0.29, 0.717) is 25.4 Å². The van der Waals surface area contributed by atoms with E-state index in [1.54, 1.807) is 12.0 Å². The SMILES string of the molecule is COCC(O)COc1ccc(C2CCN(C(=O)OC(C)(C)C)CC2OCc2ccc3ccccc3c2)cc1. The number of hydrogen-bond acceptors (Lipinski definition) is 6. The molecule has 0 bridgehead atoms. The summed E-state index contributed by atoms with van der Waals surface area (Å²) in [6.07, 6.45) is -0.426. The number of benzene rings is 3. The molecule has 3 aromatic rings. The van der Waals surface area contributed by atoms with Crippen LogP contribution in [0.3, 0.4) is 0 Å². The van der Waals surface area contributed by atoms with E-state index in [1.165, 1.54) is 10.8 Å². The molecule has 0 aliphatic carbocycles. The number of fused-ring (bicyclic) bond motifs is 1. The van der Waals surface area contributed by atoms with Crippen molar-refractivity contribution in [2.45, 2.75) is 57.5 Å². The van der Waals surface area contributed by atoms with Gasteiger partial charge in [-0.2, -0.15) is 0 Å². The summed E-state index contributed by atoms with van der Waals surface area (Å²) in [6, 6.07) is 22.5. The second kappa shape index (κ2) is 12.6. The number of ether oxygens (including phenoxy) is 4. The van der Waals surface area contributed by atoms with Gasteiger partial charge in [0.15, 0.2) is 0 Å². The zero-order valence-corrected chi connectivity index (χ0v) is 22.8. The number of piperidine rings is 1. The van der Waals surface area contributed by atoms with E-state index in [-0.39, 0.29) is 31.3 Å². The van der Waals surface area contributed by atoms with Crippen LogP contribution in [0, 0.1) is 0 Å². The maximum absolute atomic E-state index is 12.8. The topological polar surface area (TPSA) is 77.5 Å². The van der Waals surface area contributed by atoms with Gasteiger partial charge >= 0.3 is 6.09 Å². The Balaban J connectivity index is 1.47. The van der Waals surface area contributed by atoms with Crippen LogP contribution in [0.5, 0.6) is 5.75 Å². The van der Waals surface area contributed by atoms with Gasteiger partial charge in [-0.05, 0) is 67.3 Å². The highest BCUT2D eigenvalue weighted by molar-refractivity contribution is 5.82. The number of carbonyl (C=O) groups excluding carboxylic acids is 1. The maximum atomic E-state index is 12.8. The third kappa shape index (κ3) is 7.69. The highest BCUT2D eigenvalue weighted by atomic mass is 16.6. The Morgan fingerprint density at radius 1 is 1.03 bits per heavy atom. The summed E-state index contributed by atoms with van der Waals surface area (Å²) in [5, 5.41) is 12.2. The molecule has 0 saturated carbocycles. The first kappa shape index (κ1) is 27.9. The molecule has 38 heavy (non-hydrogen) atoms. The van der Waals surface area contributed by atoms with E-state index in [4.69, 9.17) is 18.9 Å². The number of hydrogen-bond donors (Lipinski definition) is 1. The fraction of sp³-hybridized carbons (Fsp3) is 0.452. The van der Waals surface area contributed by atoms with Crippen molar-refractivity contribution in [2.24, 2.45) is 0 Å². The van der Waals surface area contributed by atoms with Gasteiger partial charge in [-0.15, -0.1) is 0 Å². The molecular formula is C31H39NO6. The van der Waals surface area contributed by atoms with Gasteiger partial charge in [-0.1, -0.05) is 48.5 Å². The first-order valence-corrected chi connectivity index (χ1v) is 13.2. The molecule has 204 valence electrons. The lowest BCUT2D eigenvalue weighted by Gasteiger charge is -2.39. The molecule has 0 spiro atoms. The van der Waals surface area contributed by atoms with Crippen molar-refractivity contribution in [3.05, 3.63) is 77.9 Å². The van der Waals surface area contributed by atoms with Gasteiger partial charge in [0, 0.05) is 19.6 Å². The van der Waals surface area contributed by atoms with Gasteiger partial charge < -0.3 is 29.0 Å². The molecular weight excluding hydrogens is 482 g/mol. The third-order valence-electron chi connectivity index (χ3n) is 6.60. The fourth-order valence-corrected chi connectivity index (χ4v) is 4.74. The van der Waals surface area contributed by atoms with Crippen LogP contribution < -0.4 is 4.74 Å². The number of amides is 1. The van der Waals surface area contributed by atoms with Crippen molar-refractivity contribution in [1.29, 1.82) is 0 Å². The van der Waals surface area contributed by atoms with Crippen molar-refractivity contribution < 1.29 is 28.8 Å². The van der Waals surface area contributed by atoms with Crippen molar-refractivity contribution >= 4 is 16.9 Å². The number of rotatable bonds is 9. The van der Waals surface area contributed by atoms with Crippen LogP contribution in [0.4, 0.5) is 4.79 Å². The van der Waals surface area contributed by atoms with Gasteiger partial charge in [0.1, 0.15) is 24.1 Å². The van der Waals surface area contributed by atoms with Gasteiger partial charge in [0.25, 0.3) is 0 Å². The Kier molecular flexibility index (Phi) is 9.26. The van der Waals surface area contributed by atoms with Crippen LogP contribution in [-0.2, 0) is 20.8 Å². The fourth-order valence-electron chi connectivity index (χ4n) is 4.74. The summed E-state index contributed by atoms with van der Waals surface area (Å²) in [7, 11) is 1.55. The third-order valence-corrected chi connectivity index (χ3v) is 6.60. The molecule has 3 atom stereocenters. The number of aliphatic hydroxyl groups excluding tert-OH is 1. The smallest absolute Gasteiger partial charge is 0.410 e. The second-order valence-corrected chi connectivity index (χ2v) is 10.8. The monoisotopic (exact) mass is 521 g/mol. The van der Waals surface area contributed by atoms with Crippen LogP contribution >= 0.6 is 0 Å². The first-order valence-electron chi connectivity index (χ1n) is 13.2. The lowest BCUT2D eigenvalue weighted by molar-refractivity contribution is -0.0359. The predicted molar refractivity (Wildman–Crippen MR) is 148 cm³/mol. The normalized spacial score (nSPS) is 18.8. The molecule has 3 aromatic carbocycles. The Hall–Kier alpha value is -3.13. The molecule has 1 aliphatic rings. The minimum absolute atomic E-state index is 0.113. The Labute approximate surface area is 225 Å². The quantitative estimate of drug-likeness (QED) is 0.399. The van der Waals surface area contributed by atoms with Gasteiger partial charge in [0.2, 0.25) is 0 Å². The molecule has 7 heteroatoms. The van der Waals surface area contributed by atoms with Crippen LogP contribution in [0.15, 0.2) is 66.7 Å². The van der Waals surface area contributed by atoms with Crippen LogP contribution in [0.25, 0.3) is 10.8 Å². The number of carbonyl (C=O) groups is 1. The van der Waals surface area contributed by atoms with Crippen LogP contribution in [0.2, 0.25) is 0 Å². The Morgan fingerprint density at radius 3 is 2.47 bits per heavy atom. The summed E-state index contributed by atoms with van der Waals surface area (Å²) < 4.78 is 22.8. The van der Waals surface area contributed by atoms with Crippen LogP contribution in [0.1, 0.15) is 44.2 Å². The van der Waals surface area contributed by atoms with E-state index in [1.807, 2.05) is 57.2 Å². The van der Waals surface area contributed by atoms with Crippen molar-refractivity contribution in [3.63, 3.8) is 0 Å². The average Bonchev–Trinajstić information content (AvgIpc) is 2.90. The number of likely N-dealkylation sites (tertiary alicyclic amines) is 1. The molecule has 0 radical (unpaired) electrons. The standard InChI is InChI=1S/C31H39NO6/c1-31(2,3)38-30(34)32-16-15-28(24-11-13-27(14-12-24)36-21-26(33)20-35-4)29(18-32)37-19-22-9-10-23-7-5-6-8-25(23)17-22/h5-14,17,26,28-29,33H,15-16,18-21H2,1-4H3. The molecule has 3 unspecified atom stereocenters. The second-order valence-electron chi connectivity index (χ2n) is 10.8. The van der Waals surface area contributed by atoms with Crippen LogP contribution in [-0.4, -0.2) is 67.3 Å². The Morgan fingerprint density at radius 2 is 1.76 bits per heavy atom. The molecule has 1 amide bonds. The van der Waals surface area contributed by atoms with E-state index >= 15 is 0 Å². The van der Waals surface area contributed by atoms with E-state index in [0.717, 1.165) is 17.5 Å². The first-order chi connectivity index (χ1) is 18.2. The zero-order chi connectivity index (χ0) is 27.1. The number of methoxy groups -OCH3 is 1. The molecule has 7 nitrogen and oxygen atoms in total. The van der Waals surface area contributed by atoms with Crippen molar-refractivity contribution in [3.8, 4) is 5.75 Å². The lowest BCUT2D eigenvalue weighted by atomic mass is 9.87. The van der Waals surface area contributed by atoms with Gasteiger partial charge in [-0.25, -0.2) is 4.79 Å². The van der Waals surface area contributed by atoms with E-state index in [9.17, 15) is 9.90 Å². The molecule has 1 heterocycles. The molecule has 1 N–H and O–H groups in total. The zero-order valence-electron chi connectivity index (χ0n) is 22.8. The van der Waals surface area contributed by atoms with Crippen molar-refractivity contribution in [2.75, 3.05) is 33.4 Å². The summed E-state index contributed by atoms with van der Waals surface area (Å²) in [6.45, 7) is 7.53. The van der Waals surface area contributed by atoms with E-state index < -0.39 is 11.7 Å². The highest BCUT2D eigenvalue weighted by Crippen LogP contribution is 2.33. The minimum Gasteiger partial charge on any atom is -0.491 e. The Bertz CT molecular complexity index is 1190.